The van der Waals surface area contributed by atoms with Gasteiger partial charge in [-0.15, -0.1) is 0 Å². The first kappa shape index (κ1) is 13.9. The van der Waals surface area contributed by atoms with Crippen LogP contribution in [0.3, 0.4) is 0 Å². The van der Waals surface area contributed by atoms with Gasteiger partial charge in [-0.2, -0.15) is 0 Å². The minimum Gasteiger partial charge on any atom is -0.480 e. The lowest BCUT2D eigenvalue weighted by atomic mass is 10.2. The molecule has 17 heavy (non-hydrogen) atoms. The summed E-state index contributed by atoms with van der Waals surface area (Å²) in [6.07, 6.45) is -0.0309. The number of rotatable bonds is 4. The van der Waals surface area contributed by atoms with E-state index in [9.17, 15) is 18.0 Å². The van der Waals surface area contributed by atoms with Gasteiger partial charge in [-0.1, -0.05) is 0 Å². The van der Waals surface area contributed by atoms with E-state index >= 15 is 0 Å². The second-order valence-electron chi connectivity index (χ2n) is 4.10. The Labute approximate surface area is 99.5 Å². The van der Waals surface area contributed by atoms with Crippen LogP contribution in [-0.2, 0) is 19.4 Å². The predicted molar refractivity (Wildman–Crippen MR) is 60.3 cm³/mol. The van der Waals surface area contributed by atoms with Crippen molar-refractivity contribution in [2.75, 3.05) is 18.1 Å². The van der Waals surface area contributed by atoms with Crippen LogP contribution in [0, 0.1) is 0 Å². The molecule has 8 heteroatoms. The van der Waals surface area contributed by atoms with Gasteiger partial charge >= 0.3 is 5.97 Å². The molecule has 0 aromatic heterocycles. The number of carbonyl (C=O) groups excluding carboxylic acids is 1. The zero-order valence-corrected chi connectivity index (χ0v) is 10.3. The Morgan fingerprint density at radius 3 is 2.71 bits per heavy atom. The van der Waals surface area contributed by atoms with Gasteiger partial charge in [0.05, 0.1) is 11.5 Å². The highest BCUT2D eigenvalue weighted by atomic mass is 32.2. The van der Waals surface area contributed by atoms with E-state index in [4.69, 9.17) is 5.11 Å². The zero-order chi connectivity index (χ0) is 13.1. The highest BCUT2D eigenvalue weighted by molar-refractivity contribution is 7.91. The normalized spacial score (nSPS) is 24.9. The van der Waals surface area contributed by atoms with Gasteiger partial charge in [-0.3, -0.25) is 9.59 Å². The third kappa shape index (κ3) is 4.70. The lowest BCUT2D eigenvalue weighted by Gasteiger charge is -2.23. The Hall–Kier alpha value is -1.15. The molecule has 7 nitrogen and oxygen atoms in total. The van der Waals surface area contributed by atoms with Gasteiger partial charge in [-0.05, 0) is 6.92 Å². The quantitative estimate of drug-likeness (QED) is 0.561. The number of nitrogens with one attached hydrogen (secondary N) is 2. The van der Waals surface area contributed by atoms with Gasteiger partial charge in [0.1, 0.15) is 6.04 Å². The molecule has 3 N–H and O–H groups in total. The van der Waals surface area contributed by atoms with Crippen molar-refractivity contribution in [1.82, 2.24) is 10.6 Å². The summed E-state index contributed by atoms with van der Waals surface area (Å²) >= 11 is 0. The third-order valence-electron chi connectivity index (χ3n) is 2.48. The van der Waals surface area contributed by atoms with Gasteiger partial charge in [0.25, 0.3) is 0 Å². The molecular weight excluding hydrogens is 248 g/mol. The summed E-state index contributed by atoms with van der Waals surface area (Å²) in [7, 11) is -3.08. The number of sulfone groups is 1. The van der Waals surface area contributed by atoms with Crippen molar-refractivity contribution in [3.05, 3.63) is 0 Å². The average molecular weight is 264 g/mol. The fourth-order valence-corrected chi connectivity index (χ4v) is 3.03. The van der Waals surface area contributed by atoms with Gasteiger partial charge in [0.2, 0.25) is 5.91 Å². The number of amides is 1. The molecular formula is C9H16N2O5S. The molecule has 1 unspecified atom stereocenters. The monoisotopic (exact) mass is 264 g/mol. The minimum atomic E-state index is -3.08. The highest BCUT2D eigenvalue weighted by Crippen LogP contribution is 2.05. The minimum absolute atomic E-state index is 0.0309. The molecule has 1 aliphatic heterocycles. The van der Waals surface area contributed by atoms with Crippen LogP contribution in [0.2, 0.25) is 0 Å². The van der Waals surface area contributed by atoms with E-state index in [0.29, 0.717) is 6.54 Å². The number of hydrogen-bond donors (Lipinski definition) is 3. The maximum absolute atomic E-state index is 11.4. The second-order valence-corrected chi connectivity index (χ2v) is 6.33. The number of aliphatic carboxylic acids is 1. The fraction of sp³-hybridized carbons (Fsp3) is 0.778. The summed E-state index contributed by atoms with van der Waals surface area (Å²) in [5.41, 5.74) is 0. The molecule has 0 spiro atoms. The molecule has 0 saturated carbocycles. The molecule has 1 amide bonds. The van der Waals surface area contributed by atoms with Crippen LogP contribution in [0.1, 0.15) is 13.3 Å². The van der Waals surface area contributed by atoms with Crippen molar-refractivity contribution in [1.29, 1.82) is 0 Å². The van der Waals surface area contributed by atoms with Crippen LogP contribution in [0.4, 0.5) is 0 Å². The first-order chi connectivity index (χ1) is 7.80. The first-order valence-electron chi connectivity index (χ1n) is 5.26. The van der Waals surface area contributed by atoms with Crippen LogP contribution >= 0.6 is 0 Å². The lowest BCUT2D eigenvalue weighted by Crippen LogP contribution is -2.48. The molecule has 1 fully saturated rings. The molecule has 1 saturated heterocycles. The van der Waals surface area contributed by atoms with Crippen molar-refractivity contribution < 1.29 is 23.1 Å². The van der Waals surface area contributed by atoms with E-state index in [1.54, 1.807) is 0 Å². The Bertz CT molecular complexity index is 406. The summed E-state index contributed by atoms with van der Waals surface area (Å²) in [6, 6.07) is -1.41. The van der Waals surface area contributed by atoms with E-state index in [0.717, 1.165) is 0 Å². The van der Waals surface area contributed by atoms with Crippen LogP contribution < -0.4 is 10.6 Å². The number of carboxylic acid groups (broad SMARTS) is 1. The predicted octanol–water partition coefficient (Wildman–Crippen LogP) is -1.65. The largest absolute Gasteiger partial charge is 0.480 e. The molecule has 1 heterocycles. The van der Waals surface area contributed by atoms with Gasteiger partial charge in [-0.25, -0.2) is 8.42 Å². The van der Waals surface area contributed by atoms with E-state index < -0.39 is 33.8 Å². The van der Waals surface area contributed by atoms with E-state index in [-0.39, 0.29) is 17.9 Å². The van der Waals surface area contributed by atoms with E-state index in [1.165, 1.54) is 6.92 Å². The number of carboxylic acids is 1. The second kappa shape index (κ2) is 5.46. The molecule has 0 radical (unpaired) electrons. The molecule has 1 aliphatic rings. The Balaban J connectivity index is 2.44. The summed E-state index contributed by atoms with van der Waals surface area (Å²) < 4.78 is 22.6. The van der Waals surface area contributed by atoms with E-state index in [2.05, 4.69) is 10.6 Å². The van der Waals surface area contributed by atoms with Gasteiger partial charge in [0, 0.05) is 19.0 Å². The summed E-state index contributed by atoms with van der Waals surface area (Å²) in [5.74, 6) is -1.59. The smallest absolute Gasteiger partial charge is 0.325 e. The molecule has 1 rings (SSSR count). The fourth-order valence-electron chi connectivity index (χ4n) is 1.58. The summed E-state index contributed by atoms with van der Waals surface area (Å²) in [4.78, 5) is 21.9. The summed E-state index contributed by atoms with van der Waals surface area (Å²) in [6.45, 7) is 1.68. The van der Waals surface area contributed by atoms with Crippen molar-refractivity contribution in [2.24, 2.45) is 0 Å². The molecule has 98 valence electrons. The van der Waals surface area contributed by atoms with Crippen molar-refractivity contribution in [3.8, 4) is 0 Å². The van der Waals surface area contributed by atoms with Gasteiger partial charge < -0.3 is 15.7 Å². The van der Waals surface area contributed by atoms with Crippen LogP contribution in [0.5, 0.6) is 0 Å². The first-order valence-corrected chi connectivity index (χ1v) is 7.08. The molecule has 2 atom stereocenters. The highest BCUT2D eigenvalue weighted by Gasteiger charge is 2.26. The molecule has 0 aliphatic carbocycles. The topological polar surface area (TPSA) is 113 Å². The molecule has 0 aromatic rings. The number of carbonyl (C=O) groups is 2. The van der Waals surface area contributed by atoms with Crippen molar-refractivity contribution >= 4 is 21.7 Å². The van der Waals surface area contributed by atoms with Crippen LogP contribution in [-0.4, -0.2) is 55.5 Å². The van der Waals surface area contributed by atoms with Crippen LogP contribution in [0.15, 0.2) is 0 Å². The summed E-state index contributed by atoms with van der Waals surface area (Å²) in [5, 5.41) is 13.8. The van der Waals surface area contributed by atoms with Gasteiger partial charge in [0.15, 0.2) is 9.84 Å². The molecule has 0 aromatic carbocycles. The Morgan fingerprint density at radius 2 is 2.18 bits per heavy atom. The average Bonchev–Trinajstić information content (AvgIpc) is 2.15. The third-order valence-corrected chi connectivity index (χ3v) is 4.22. The van der Waals surface area contributed by atoms with Crippen molar-refractivity contribution in [3.63, 3.8) is 0 Å². The Morgan fingerprint density at radius 1 is 1.53 bits per heavy atom. The van der Waals surface area contributed by atoms with E-state index in [1.807, 2.05) is 0 Å². The standard InChI is InChI=1S/C9H16N2O5S/c1-6(9(13)14)11-8(12)4-7-5-17(15,16)3-2-10-7/h6-7,10H,2-5H2,1H3,(H,11,12)(H,13,14)/t6-,7?/m0/s1. The Kier molecular flexibility index (Phi) is 4.47. The van der Waals surface area contributed by atoms with Crippen LogP contribution in [0.25, 0.3) is 0 Å². The SMILES string of the molecule is C[C@H](NC(=O)CC1CS(=O)(=O)CCN1)C(=O)O. The number of hydrogen-bond acceptors (Lipinski definition) is 5. The molecule has 0 bridgehead atoms. The van der Waals surface area contributed by atoms with Crippen molar-refractivity contribution in [2.45, 2.75) is 25.4 Å². The maximum Gasteiger partial charge on any atom is 0.325 e. The lowest BCUT2D eigenvalue weighted by molar-refractivity contribution is -0.141. The zero-order valence-electron chi connectivity index (χ0n) is 9.47. The maximum atomic E-state index is 11.4.